The molecule has 0 saturated heterocycles. The number of para-hydroxylation sites is 1. The molecule has 0 radical (unpaired) electrons. The first-order valence-electron chi connectivity index (χ1n) is 9.77. The number of methoxy groups -OCH3 is 1. The fraction of sp³-hybridized carbons (Fsp3) is 0.120. The van der Waals surface area contributed by atoms with E-state index < -0.39 is 17.6 Å². The number of carbonyl (C=O) groups is 2. The van der Waals surface area contributed by atoms with Crippen LogP contribution in [0.1, 0.15) is 16.7 Å². The zero-order chi connectivity index (χ0) is 22.1. The van der Waals surface area contributed by atoms with Gasteiger partial charge >= 0.3 is 0 Å². The molecule has 3 aromatic carbocycles. The van der Waals surface area contributed by atoms with Gasteiger partial charge in [-0.2, -0.15) is 0 Å². The second kappa shape index (κ2) is 8.07. The van der Waals surface area contributed by atoms with Crippen molar-refractivity contribution in [2.45, 2.75) is 13.8 Å². The highest BCUT2D eigenvalue weighted by Crippen LogP contribution is 2.37. The summed E-state index contributed by atoms with van der Waals surface area (Å²) in [5.74, 6) is -1.00. The number of halogens is 1. The highest BCUT2D eigenvalue weighted by molar-refractivity contribution is 6.46. The SMILES string of the molecule is COc1ccccc1C1=C(Nc2ccc(C)c(C)c2)C(=O)N(c2ccc(F)cc2)C1=O. The van der Waals surface area contributed by atoms with Gasteiger partial charge in [-0.1, -0.05) is 24.3 Å². The fourth-order valence-corrected chi connectivity index (χ4v) is 3.53. The molecular weight excluding hydrogens is 395 g/mol. The Morgan fingerprint density at radius 3 is 2.26 bits per heavy atom. The maximum atomic E-state index is 13.4. The van der Waals surface area contributed by atoms with Crippen LogP contribution in [0.2, 0.25) is 0 Å². The minimum atomic E-state index is -0.518. The quantitative estimate of drug-likeness (QED) is 0.604. The van der Waals surface area contributed by atoms with E-state index in [0.717, 1.165) is 16.0 Å². The largest absolute Gasteiger partial charge is 0.496 e. The van der Waals surface area contributed by atoms with Gasteiger partial charge in [0.05, 0.1) is 18.4 Å². The van der Waals surface area contributed by atoms with Gasteiger partial charge in [0.15, 0.2) is 0 Å². The summed E-state index contributed by atoms with van der Waals surface area (Å²) in [7, 11) is 1.51. The number of nitrogens with one attached hydrogen (secondary N) is 1. The zero-order valence-corrected chi connectivity index (χ0v) is 17.4. The Bertz CT molecular complexity index is 1220. The number of ether oxygens (including phenoxy) is 1. The van der Waals surface area contributed by atoms with Gasteiger partial charge in [0.25, 0.3) is 11.8 Å². The van der Waals surface area contributed by atoms with Crippen LogP contribution in [0.4, 0.5) is 15.8 Å². The second-order valence-electron chi connectivity index (χ2n) is 7.30. The zero-order valence-electron chi connectivity index (χ0n) is 17.4. The van der Waals surface area contributed by atoms with Crippen LogP contribution in [0.5, 0.6) is 5.75 Å². The van der Waals surface area contributed by atoms with Crippen molar-refractivity contribution in [2.75, 3.05) is 17.3 Å². The average molecular weight is 416 g/mol. The predicted octanol–water partition coefficient (Wildman–Crippen LogP) is 4.85. The van der Waals surface area contributed by atoms with E-state index in [1.807, 2.05) is 32.0 Å². The topological polar surface area (TPSA) is 58.6 Å². The maximum absolute atomic E-state index is 13.4. The van der Waals surface area contributed by atoms with E-state index in [4.69, 9.17) is 4.74 Å². The van der Waals surface area contributed by atoms with Gasteiger partial charge < -0.3 is 10.1 Å². The van der Waals surface area contributed by atoms with Crippen molar-refractivity contribution in [3.8, 4) is 5.75 Å². The summed E-state index contributed by atoms with van der Waals surface area (Å²) in [5.41, 5.74) is 3.99. The van der Waals surface area contributed by atoms with Crippen LogP contribution in [0.25, 0.3) is 5.57 Å². The molecule has 156 valence electrons. The number of rotatable bonds is 5. The monoisotopic (exact) mass is 416 g/mol. The molecule has 0 aliphatic carbocycles. The molecule has 1 N–H and O–H groups in total. The summed E-state index contributed by atoms with van der Waals surface area (Å²) >= 11 is 0. The predicted molar refractivity (Wildman–Crippen MR) is 118 cm³/mol. The van der Waals surface area contributed by atoms with Crippen molar-refractivity contribution in [2.24, 2.45) is 0 Å². The normalized spacial score (nSPS) is 13.7. The maximum Gasteiger partial charge on any atom is 0.282 e. The minimum absolute atomic E-state index is 0.141. The number of hydrogen-bond donors (Lipinski definition) is 1. The second-order valence-corrected chi connectivity index (χ2v) is 7.30. The molecule has 4 rings (SSSR count). The Kier molecular flexibility index (Phi) is 5.29. The van der Waals surface area contributed by atoms with E-state index >= 15 is 0 Å². The number of amides is 2. The number of imide groups is 1. The van der Waals surface area contributed by atoms with Gasteiger partial charge in [-0.3, -0.25) is 9.59 Å². The Morgan fingerprint density at radius 1 is 0.871 bits per heavy atom. The Hall–Kier alpha value is -3.93. The van der Waals surface area contributed by atoms with Crippen molar-refractivity contribution < 1.29 is 18.7 Å². The van der Waals surface area contributed by atoms with E-state index in [2.05, 4.69) is 5.32 Å². The van der Waals surface area contributed by atoms with E-state index in [-0.39, 0.29) is 11.3 Å². The van der Waals surface area contributed by atoms with Gasteiger partial charge in [-0.05, 0) is 67.4 Å². The van der Waals surface area contributed by atoms with Crippen LogP contribution in [0, 0.1) is 19.7 Å². The molecule has 3 aromatic rings. The molecule has 0 spiro atoms. The van der Waals surface area contributed by atoms with Crippen LogP contribution in [-0.4, -0.2) is 18.9 Å². The standard InChI is InChI=1S/C25H21FN2O3/c1-15-8-11-18(14-16(15)2)27-23-22(20-6-4-5-7-21(20)31-3)24(29)28(25(23)30)19-12-9-17(26)10-13-19/h4-14,27H,1-3H3. The molecule has 31 heavy (non-hydrogen) atoms. The summed E-state index contributed by atoms with van der Waals surface area (Å²) in [5, 5.41) is 3.14. The Labute approximate surface area is 179 Å². The molecule has 0 aromatic heterocycles. The van der Waals surface area contributed by atoms with E-state index in [0.29, 0.717) is 22.7 Å². The van der Waals surface area contributed by atoms with E-state index in [1.165, 1.54) is 31.4 Å². The average Bonchev–Trinajstić information content (AvgIpc) is 3.01. The molecular formula is C25H21FN2O3. The van der Waals surface area contributed by atoms with Crippen molar-refractivity contribution in [1.82, 2.24) is 0 Å². The summed E-state index contributed by atoms with van der Waals surface area (Å²) in [6, 6.07) is 18.0. The highest BCUT2D eigenvalue weighted by atomic mass is 19.1. The molecule has 1 aliphatic heterocycles. The third-order valence-electron chi connectivity index (χ3n) is 5.32. The molecule has 5 nitrogen and oxygen atoms in total. The summed E-state index contributed by atoms with van der Waals surface area (Å²) in [4.78, 5) is 27.9. The number of carbonyl (C=O) groups excluding carboxylic acids is 2. The van der Waals surface area contributed by atoms with Crippen LogP contribution < -0.4 is 15.0 Å². The summed E-state index contributed by atoms with van der Waals surface area (Å²) in [6.07, 6.45) is 0. The first-order chi connectivity index (χ1) is 14.9. The van der Waals surface area contributed by atoms with Gasteiger partial charge in [0, 0.05) is 11.3 Å². The van der Waals surface area contributed by atoms with Crippen LogP contribution in [0.3, 0.4) is 0 Å². The van der Waals surface area contributed by atoms with Gasteiger partial charge in [0.1, 0.15) is 17.3 Å². The molecule has 0 unspecified atom stereocenters. The summed E-state index contributed by atoms with van der Waals surface area (Å²) < 4.78 is 18.9. The number of benzene rings is 3. The summed E-state index contributed by atoms with van der Waals surface area (Å²) in [6.45, 7) is 3.97. The van der Waals surface area contributed by atoms with E-state index in [9.17, 15) is 14.0 Å². The van der Waals surface area contributed by atoms with Gasteiger partial charge in [0.2, 0.25) is 0 Å². The molecule has 0 bridgehead atoms. The highest BCUT2D eigenvalue weighted by Gasteiger charge is 2.41. The molecule has 0 atom stereocenters. The van der Waals surface area contributed by atoms with Crippen LogP contribution >= 0.6 is 0 Å². The number of hydrogen-bond acceptors (Lipinski definition) is 4. The number of aryl methyl sites for hydroxylation is 2. The van der Waals surface area contributed by atoms with Crippen LogP contribution in [0.15, 0.2) is 72.4 Å². The van der Waals surface area contributed by atoms with Crippen LogP contribution in [-0.2, 0) is 9.59 Å². The van der Waals surface area contributed by atoms with Crippen molar-refractivity contribution in [3.05, 3.63) is 94.9 Å². The smallest absolute Gasteiger partial charge is 0.282 e. The molecule has 6 heteroatoms. The lowest BCUT2D eigenvalue weighted by atomic mass is 10.0. The Morgan fingerprint density at radius 2 is 1.58 bits per heavy atom. The number of nitrogens with zero attached hydrogens (tertiary/aromatic N) is 1. The third-order valence-corrected chi connectivity index (χ3v) is 5.32. The number of anilines is 2. The molecule has 0 fully saturated rings. The van der Waals surface area contributed by atoms with E-state index in [1.54, 1.807) is 24.3 Å². The fourth-order valence-electron chi connectivity index (χ4n) is 3.53. The van der Waals surface area contributed by atoms with Crippen molar-refractivity contribution in [3.63, 3.8) is 0 Å². The lowest BCUT2D eigenvalue weighted by Gasteiger charge is -2.15. The molecule has 2 amide bonds. The molecule has 0 saturated carbocycles. The molecule has 1 aliphatic rings. The van der Waals surface area contributed by atoms with Crippen molar-refractivity contribution >= 4 is 28.8 Å². The third kappa shape index (κ3) is 3.68. The first kappa shape index (κ1) is 20.3. The first-order valence-corrected chi connectivity index (χ1v) is 9.77. The minimum Gasteiger partial charge on any atom is -0.496 e. The van der Waals surface area contributed by atoms with Gasteiger partial charge in [-0.15, -0.1) is 0 Å². The Balaban J connectivity index is 1.86. The molecule has 1 heterocycles. The van der Waals surface area contributed by atoms with Gasteiger partial charge in [-0.25, -0.2) is 9.29 Å². The lowest BCUT2D eigenvalue weighted by molar-refractivity contribution is -0.120. The lowest BCUT2D eigenvalue weighted by Crippen LogP contribution is -2.32. The van der Waals surface area contributed by atoms with Crippen molar-refractivity contribution in [1.29, 1.82) is 0 Å².